The van der Waals surface area contributed by atoms with Gasteiger partial charge in [0.2, 0.25) is 0 Å². The second kappa shape index (κ2) is 13.2. The molecule has 3 atom stereocenters. The first-order valence-corrected chi connectivity index (χ1v) is 12.8. The van der Waals surface area contributed by atoms with Crippen molar-refractivity contribution in [2.24, 2.45) is 5.92 Å². The number of nitrogens with two attached hydrogens (primary N) is 1. The SMILES string of the molecule is CCC1CCN(CC(=O)c2cccs2)C[C@@H]1OC(=O)C(C)c1ccccc1.Nc1ccc(F)cc1. The maximum absolute atomic E-state index is 12.7. The number of likely N-dealkylation sites (tertiary alicyclic amines) is 1. The molecule has 0 amide bonds. The molecule has 4 rings (SSSR count). The summed E-state index contributed by atoms with van der Waals surface area (Å²) < 4.78 is 18.0. The number of ketones is 1. The number of carbonyl (C=O) groups is 2. The highest BCUT2D eigenvalue weighted by atomic mass is 32.1. The minimum absolute atomic E-state index is 0.141. The van der Waals surface area contributed by atoms with Crippen LogP contribution in [0.1, 0.15) is 47.8 Å². The lowest BCUT2D eigenvalue weighted by Crippen LogP contribution is -2.47. The smallest absolute Gasteiger partial charge is 0.313 e. The van der Waals surface area contributed by atoms with Crippen LogP contribution < -0.4 is 5.73 Å². The molecular formula is C28H33FN2O3S. The molecule has 2 heterocycles. The number of piperidine rings is 1. The normalized spacial score (nSPS) is 18.7. The zero-order valence-corrected chi connectivity index (χ0v) is 21.0. The Kier molecular flexibility index (Phi) is 9.99. The standard InChI is InChI=1S/C22H27NO3S.C6H6FN/c1-3-17-11-12-23(14-19(24)21-10-7-13-27-21)15-20(17)26-22(25)16(2)18-8-5-4-6-9-18;7-5-1-3-6(8)4-2-5/h4-10,13,16-17,20H,3,11-12,14-15H2,1-2H3;1-4H,8H2/t16?,17?,20-;/m0./s1. The van der Waals surface area contributed by atoms with Crippen LogP contribution in [0.3, 0.4) is 0 Å². The van der Waals surface area contributed by atoms with E-state index in [0.29, 0.717) is 24.7 Å². The number of benzene rings is 2. The van der Waals surface area contributed by atoms with E-state index in [2.05, 4.69) is 11.8 Å². The predicted molar refractivity (Wildman–Crippen MR) is 139 cm³/mol. The van der Waals surface area contributed by atoms with Gasteiger partial charge in [-0.15, -0.1) is 11.3 Å². The summed E-state index contributed by atoms with van der Waals surface area (Å²) >= 11 is 1.48. The Morgan fingerprint density at radius 1 is 1.11 bits per heavy atom. The molecule has 1 aromatic heterocycles. The molecule has 5 nitrogen and oxygen atoms in total. The van der Waals surface area contributed by atoms with Crippen molar-refractivity contribution in [2.45, 2.75) is 38.7 Å². The Morgan fingerprint density at radius 2 is 1.83 bits per heavy atom. The van der Waals surface area contributed by atoms with Gasteiger partial charge in [0, 0.05) is 12.2 Å². The summed E-state index contributed by atoms with van der Waals surface area (Å²) in [7, 11) is 0. The van der Waals surface area contributed by atoms with Gasteiger partial charge in [0.1, 0.15) is 11.9 Å². The molecular weight excluding hydrogens is 463 g/mol. The molecule has 2 aromatic carbocycles. The van der Waals surface area contributed by atoms with Gasteiger partial charge in [-0.05, 0) is 73.5 Å². The third kappa shape index (κ3) is 8.01. The Hall–Kier alpha value is -3.03. The van der Waals surface area contributed by atoms with E-state index in [1.807, 2.05) is 54.8 Å². The van der Waals surface area contributed by atoms with E-state index in [0.717, 1.165) is 29.8 Å². The van der Waals surface area contributed by atoms with E-state index in [4.69, 9.17) is 10.5 Å². The molecule has 35 heavy (non-hydrogen) atoms. The highest BCUT2D eigenvalue weighted by Crippen LogP contribution is 2.26. The van der Waals surface area contributed by atoms with Crippen LogP contribution in [0.2, 0.25) is 0 Å². The molecule has 7 heteroatoms. The van der Waals surface area contributed by atoms with Gasteiger partial charge in [-0.3, -0.25) is 14.5 Å². The highest BCUT2D eigenvalue weighted by Gasteiger charge is 2.33. The zero-order chi connectivity index (χ0) is 25.2. The van der Waals surface area contributed by atoms with Gasteiger partial charge in [0.15, 0.2) is 5.78 Å². The van der Waals surface area contributed by atoms with E-state index in [1.54, 1.807) is 0 Å². The van der Waals surface area contributed by atoms with Gasteiger partial charge in [-0.2, -0.15) is 0 Å². The molecule has 1 fully saturated rings. The number of esters is 1. The molecule has 0 saturated carbocycles. The number of nitrogen functional groups attached to an aromatic ring is 1. The minimum Gasteiger partial charge on any atom is -0.460 e. The van der Waals surface area contributed by atoms with Gasteiger partial charge < -0.3 is 10.5 Å². The summed E-state index contributed by atoms with van der Waals surface area (Å²) in [5.74, 6) is -0.227. The van der Waals surface area contributed by atoms with Crippen molar-refractivity contribution in [2.75, 3.05) is 25.4 Å². The van der Waals surface area contributed by atoms with E-state index < -0.39 is 0 Å². The Bertz CT molecular complexity index is 1040. The fraction of sp³-hybridized carbons (Fsp3) is 0.357. The molecule has 3 aromatic rings. The summed E-state index contributed by atoms with van der Waals surface area (Å²) in [6.07, 6.45) is 1.77. The van der Waals surface area contributed by atoms with Crippen LogP contribution in [0.15, 0.2) is 72.1 Å². The lowest BCUT2D eigenvalue weighted by molar-refractivity contribution is -0.156. The molecule has 2 unspecified atom stereocenters. The van der Waals surface area contributed by atoms with E-state index >= 15 is 0 Å². The average molecular weight is 497 g/mol. The Labute approximate surface area is 210 Å². The molecule has 0 spiro atoms. The first-order valence-electron chi connectivity index (χ1n) is 11.9. The van der Waals surface area contributed by atoms with Gasteiger partial charge in [0.25, 0.3) is 0 Å². The van der Waals surface area contributed by atoms with Crippen LogP contribution in [0, 0.1) is 11.7 Å². The molecule has 0 bridgehead atoms. The summed E-state index contributed by atoms with van der Waals surface area (Å²) in [6, 6.07) is 19.2. The third-order valence-electron chi connectivity index (χ3n) is 6.26. The predicted octanol–water partition coefficient (Wildman–Crippen LogP) is 5.79. The summed E-state index contributed by atoms with van der Waals surface area (Å²) in [6.45, 7) is 5.91. The topological polar surface area (TPSA) is 72.6 Å². The van der Waals surface area contributed by atoms with Crippen molar-refractivity contribution in [3.63, 3.8) is 0 Å². The van der Waals surface area contributed by atoms with Crippen molar-refractivity contribution in [3.05, 3.63) is 88.4 Å². The van der Waals surface area contributed by atoms with Gasteiger partial charge in [-0.1, -0.05) is 43.3 Å². The van der Waals surface area contributed by atoms with Crippen molar-refractivity contribution < 1.29 is 18.7 Å². The summed E-state index contributed by atoms with van der Waals surface area (Å²) in [4.78, 5) is 28.0. The Morgan fingerprint density at radius 3 is 2.43 bits per heavy atom. The van der Waals surface area contributed by atoms with Crippen LogP contribution in [-0.4, -0.2) is 42.4 Å². The van der Waals surface area contributed by atoms with Crippen LogP contribution in [0.4, 0.5) is 10.1 Å². The summed E-state index contributed by atoms with van der Waals surface area (Å²) in [5.41, 5.74) is 6.82. The molecule has 1 aliphatic heterocycles. The number of halogens is 1. The Balaban J connectivity index is 0.000000363. The molecule has 2 N–H and O–H groups in total. The second-order valence-electron chi connectivity index (χ2n) is 8.75. The average Bonchev–Trinajstić information content (AvgIpc) is 3.42. The monoisotopic (exact) mass is 496 g/mol. The van der Waals surface area contributed by atoms with Crippen molar-refractivity contribution >= 4 is 28.8 Å². The number of hydrogen-bond acceptors (Lipinski definition) is 6. The van der Waals surface area contributed by atoms with Gasteiger partial charge in [0.05, 0.1) is 17.3 Å². The van der Waals surface area contributed by atoms with Crippen LogP contribution in [0.5, 0.6) is 0 Å². The fourth-order valence-corrected chi connectivity index (χ4v) is 4.74. The number of nitrogens with zero attached hydrogens (tertiary/aromatic N) is 1. The maximum Gasteiger partial charge on any atom is 0.313 e. The number of thiophene rings is 1. The molecule has 186 valence electrons. The van der Waals surface area contributed by atoms with Crippen molar-refractivity contribution in [3.8, 4) is 0 Å². The van der Waals surface area contributed by atoms with E-state index in [-0.39, 0.29) is 29.6 Å². The molecule has 1 aliphatic rings. The molecule has 0 radical (unpaired) electrons. The molecule has 1 saturated heterocycles. The number of ether oxygens (including phenoxy) is 1. The number of carbonyl (C=O) groups excluding carboxylic acids is 2. The first kappa shape index (κ1) is 26.6. The van der Waals surface area contributed by atoms with Gasteiger partial charge in [-0.25, -0.2) is 4.39 Å². The van der Waals surface area contributed by atoms with E-state index in [1.165, 1.54) is 35.6 Å². The third-order valence-corrected chi connectivity index (χ3v) is 7.17. The maximum atomic E-state index is 12.7. The van der Waals surface area contributed by atoms with Crippen LogP contribution in [-0.2, 0) is 9.53 Å². The largest absolute Gasteiger partial charge is 0.460 e. The number of Topliss-reactive ketones (excluding diaryl/α,β-unsaturated/α-hetero) is 1. The van der Waals surface area contributed by atoms with E-state index in [9.17, 15) is 14.0 Å². The highest BCUT2D eigenvalue weighted by molar-refractivity contribution is 7.12. The zero-order valence-electron chi connectivity index (χ0n) is 20.2. The molecule has 0 aliphatic carbocycles. The lowest BCUT2D eigenvalue weighted by atomic mass is 9.91. The number of rotatable bonds is 7. The van der Waals surface area contributed by atoms with Crippen molar-refractivity contribution in [1.29, 1.82) is 0 Å². The number of hydrogen-bond donors (Lipinski definition) is 1. The van der Waals surface area contributed by atoms with Crippen molar-refractivity contribution in [1.82, 2.24) is 4.90 Å². The summed E-state index contributed by atoms with van der Waals surface area (Å²) in [5, 5.41) is 1.92. The number of anilines is 1. The van der Waals surface area contributed by atoms with Crippen LogP contribution in [0.25, 0.3) is 0 Å². The van der Waals surface area contributed by atoms with Gasteiger partial charge >= 0.3 is 5.97 Å². The van der Waals surface area contributed by atoms with Crippen LogP contribution >= 0.6 is 11.3 Å². The quantitative estimate of drug-likeness (QED) is 0.255. The fourth-order valence-electron chi connectivity index (χ4n) is 4.08. The minimum atomic E-state index is -0.285. The second-order valence-corrected chi connectivity index (χ2v) is 9.70. The lowest BCUT2D eigenvalue weighted by Gasteiger charge is -2.37. The first-order chi connectivity index (χ1) is 16.9.